The van der Waals surface area contributed by atoms with Gasteiger partial charge in [0.05, 0.1) is 0 Å². The zero-order chi connectivity index (χ0) is 14.8. The molecule has 0 heterocycles. The number of hydrogen-bond donors (Lipinski definition) is 0. The molecule has 0 fully saturated rings. The number of rotatable bonds is 3. The molecule has 0 heteroatoms. The van der Waals surface area contributed by atoms with E-state index in [1.807, 2.05) is 0 Å². The van der Waals surface area contributed by atoms with Gasteiger partial charge < -0.3 is 0 Å². The van der Waals surface area contributed by atoms with Crippen molar-refractivity contribution < 1.29 is 0 Å². The SMILES string of the molecule is C=C1C=C(c2ccccc2CC)Cc2cc(CC)ccc21. The molecule has 0 aromatic heterocycles. The molecule has 0 bridgehead atoms. The highest BCUT2D eigenvalue weighted by atomic mass is 14.2. The van der Waals surface area contributed by atoms with Gasteiger partial charge in [-0.25, -0.2) is 0 Å². The van der Waals surface area contributed by atoms with E-state index in [9.17, 15) is 0 Å². The summed E-state index contributed by atoms with van der Waals surface area (Å²) in [7, 11) is 0. The van der Waals surface area contributed by atoms with Crippen molar-refractivity contribution in [2.75, 3.05) is 0 Å². The molecule has 0 amide bonds. The van der Waals surface area contributed by atoms with Crippen molar-refractivity contribution in [2.24, 2.45) is 0 Å². The second-order valence-corrected chi connectivity index (χ2v) is 5.73. The molecule has 21 heavy (non-hydrogen) atoms. The third-order valence-corrected chi connectivity index (χ3v) is 4.40. The molecule has 0 unspecified atom stereocenters. The maximum Gasteiger partial charge on any atom is -0.00133 e. The largest absolute Gasteiger partial charge is 0.0911 e. The summed E-state index contributed by atoms with van der Waals surface area (Å²) in [6.07, 6.45) is 5.44. The minimum Gasteiger partial charge on any atom is -0.0911 e. The number of allylic oxidation sites excluding steroid dienone is 3. The van der Waals surface area contributed by atoms with Crippen LogP contribution in [0.4, 0.5) is 0 Å². The van der Waals surface area contributed by atoms with Crippen LogP contribution in [0.15, 0.2) is 55.1 Å². The molecule has 0 aliphatic heterocycles. The van der Waals surface area contributed by atoms with Gasteiger partial charge in [0.15, 0.2) is 0 Å². The molecule has 0 saturated carbocycles. The van der Waals surface area contributed by atoms with Gasteiger partial charge >= 0.3 is 0 Å². The number of aryl methyl sites for hydroxylation is 2. The van der Waals surface area contributed by atoms with Crippen LogP contribution in [-0.2, 0) is 19.3 Å². The maximum absolute atomic E-state index is 4.27. The van der Waals surface area contributed by atoms with Gasteiger partial charge in [0.1, 0.15) is 0 Å². The van der Waals surface area contributed by atoms with Gasteiger partial charge in [-0.2, -0.15) is 0 Å². The van der Waals surface area contributed by atoms with Crippen LogP contribution >= 0.6 is 0 Å². The van der Waals surface area contributed by atoms with Gasteiger partial charge in [-0.05, 0) is 58.2 Å². The fraction of sp³-hybridized carbons (Fsp3) is 0.238. The highest BCUT2D eigenvalue weighted by Crippen LogP contribution is 2.34. The van der Waals surface area contributed by atoms with Gasteiger partial charge in [0.25, 0.3) is 0 Å². The second-order valence-electron chi connectivity index (χ2n) is 5.73. The van der Waals surface area contributed by atoms with Crippen molar-refractivity contribution in [2.45, 2.75) is 33.1 Å². The molecule has 1 aliphatic rings. The average molecular weight is 274 g/mol. The summed E-state index contributed by atoms with van der Waals surface area (Å²) in [5.41, 5.74) is 9.48. The quantitative estimate of drug-likeness (QED) is 0.696. The highest BCUT2D eigenvalue weighted by molar-refractivity contribution is 5.89. The average Bonchev–Trinajstić information content (AvgIpc) is 2.54. The Labute approximate surface area is 127 Å². The van der Waals surface area contributed by atoms with Crippen LogP contribution < -0.4 is 0 Å². The lowest BCUT2D eigenvalue weighted by atomic mass is 9.83. The number of fused-ring (bicyclic) bond motifs is 1. The summed E-state index contributed by atoms with van der Waals surface area (Å²) in [6.45, 7) is 8.70. The van der Waals surface area contributed by atoms with Gasteiger partial charge in [-0.15, -0.1) is 0 Å². The summed E-state index contributed by atoms with van der Waals surface area (Å²) in [4.78, 5) is 0. The van der Waals surface area contributed by atoms with E-state index in [4.69, 9.17) is 0 Å². The van der Waals surface area contributed by atoms with Gasteiger partial charge in [0.2, 0.25) is 0 Å². The highest BCUT2D eigenvalue weighted by Gasteiger charge is 2.16. The van der Waals surface area contributed by atoms with Gasteiger partial charge in [-0.1, -0.05) is 69.0 Å². The van der Waals surface area contributed by atoms with Crippen molar-refractivity contribution in [3.8, 4) is 0 Å². The minimum absolute atomic E-state index is 1.01. The van der Waals surface area contributed by atoms with E-state index in [1.54, 1.807) is 0 Å². The van der Waals surface area contributed by atoms with E-state index in [2.05, 4.69) is 69.0 Å². The van der Waals surface area contributed by atoms with Crippen LogP contribution in [0, 0.1) is 0 Å². The molecule has 1 aliphatic carbocycles. The third-order valence-electron chi connectivity index (χ3n) is 4.40. The van der Waals surface area contributed by atoms with Gasteiger partial charge in [-0.3, -0.25) is 0 Å². The minimum atomic E-state index is 1.01. The Morgan fingerprint density at radius 3 is 2.52 bits per heavy atom. The molecule has 3 rings (SSSR count). The van der Waals surface area contributed by atoms with E-state index in [-0.39, 0.29) is 0 Å². The molecule has 0 N–H and O–H groups in total. The lowest BCUT2D eigenvalue weighted by Gasteiger charge is -2.21. The maximum atomic E-state index is 4.27. The van der Waals surface area contributed by atoms with E-state index >= 15 is 0 Å². The summed E-state index contributed by atoms with van der Waals surface area (Å²) in [6, 6.07) is 15.5. The Morgan fingerprint density at radius 2 is 1.76 bits per heavy atom. The van der Waals surface area contributed by atoms with Crippen LogP contribution in [0.5, 0.6) is 0 Å². The van der Waals surface area contributed by atoms with Gasteiger partial charge in [0, 0.05) is 0 Å². The topological polar surface area (TPSA) is 0 Å². The predicted octanol–water partition coefficient (Wildman–Crippen LogP) is 5.46. The summed E-state index contributed by atoms with van der Waals surface area (Å²) in [5, 5.41) is 0. The second kappa shape index (κ2) is 5.73. The Morgan fingerprint density at radius 1 is 0.952 bits per heavy atom. The normalized spacial score (nSPS) is 13.8. The van der Waals surface area contributed by atoms with Crippen LogP contribution in [0.3, 0.4) is 0 Å². The molecule has 0 saturated heterocycles. The first-order valence-corrected chi connectivity index (χ1v) is 7.82. The van der Waals surface area contributed by atoms with E-state index in [0.29, 0.717) is 0 Å². The fourth-order valence-electron chi connectivity index (χ4n) is 3.19. The molecule has 0 atom stereocenters. The van der Waals surface area contributed by atoms with E-state index in [1.165, 1.54) is 33.4 Å². The van der Waals surface area contributed by atoms with E-state index < -0.39 is 0 Å². The molecule has 106 valence electrons. The molecule has 2 aromatic carbocycles. The first kappa shape index (κ1) is 13.9. The van der Waals surface area contributed by atoms with Crippen LogP contribution in [-0.4, -0.2) is 0 Å². The van der Waals surface area contributed by atoms with Crippen molar-refractivity contribution in [3.63, 3.8) is 0 Å². The number of benzene rings is 2. The molecule has 0 radical (unpaired) electrons. The predicted molar refractivity (Wildman–Crippen MR) is 92.4 cm³/mol. The Bertz CT molecular complexity index is 717. The molecule has 2 aromatic rings. The third kappa shape index (κ3) is 2.58. The first-order chi connectivity index (χ1) is 10.2. The zero-order valence-electron chi connectivity index (χ0n) is 12.9. The molecular weight excluding hydrogens is 252 g/mol. The summed E-state index contributed by atoms with van der Waals surface area (Å²) in [5.74, 6) is 0. The lowest BCUT2D eigenvalue weighted by molar-refractivity contribution is 1.10. The van der Waals surface area contributed by atoms with Crippen LogP contribution in [0.1, 0.15) is 41.7 Å². The Hall–Kier alpha value is -2.08. The van der Waals surface area contributed by atoms with Crippen LogP contribution in [0.25, 0.3) is 11.1 Å². The van der Waals surface area contributed by atoms with Crippen molar-refractivity contribution in [3.05, 3.63) is 82.9 Å². The summed E-state index contributed by atoms with van der Waals surface area (Å²) < 4.78 is 0. The number of hydrogen-bond acceptors (Lipinski definition) is 0. The summed E-state index contributed by atoms with van der Waals surface area (Å²) >= 11 is 0. The van der Waals surface area contributed by atoms with E-state index in [0.717, 1.165) is 24.8 Å². The van der Waals surface area contributed by atoms with Crippen molar-refractivity contribution >= 4 is 11.1 Å². The molecular formula is C21H22. The fourth-order valence-corrected chi connectivity index (χ4v) is 3.19. The van der Waals surface area contributed by atoms with Crippen molar-refractivity contribution in [1.82, 2.24) is 0 Å². The smallest absolute Gasteiger partial charge is 0.00133 e. The first-order valence-electron chi connectivity index (χ1n) is 7.82. The zero-order valence-corrected chi connectivity index (χ0v) is 12.9. The van der Waals surface area contributed by atoms with Crippen LogP contribution in [0.2, 0.25) is 0 Å². The molecule has 0 spiro atoms. The monoisotopic (exact) mass is 274 g/mol. The Kier molecular flexibility index (Phi) is 3.79. The lowest BCUT2D eigenvalue weighted by Crippen LogP contribution is -2.04. The standard InChI is InChI=1S/C21H22/c1-4-16-10-11-20-15(3)12-18(14-19(20)13-16)21-9-7-6-8-17(21)5-2/h6-13H,3-5,14H2,1-2H3. The van der Waals surface area contributed by atoms with Crippen molar-refractivity contribution in [1.29, 1.82) is 0 Å². The Balaban J connectivity index is 2.05. The molecule has 0 nitrogen and oxygen atoms in total.